The summed E-state index contributed by atoms with van der Waals surface area (Å²) in [6, 6.07) is 8.06. The van der Waals surface area contributed by atoms with Crippen LogP contribution in [-0.4, -0.2) is 42.5 Å². The zero-order valence-corrected chi connectivity index (χ0v) is 18.8. The first-order valence-electron chi connectivity index (χ1n) is 10.9. The monoisotopic (exact) mass is 486 g/mol. The van der Waals surface area contributed by atoms with Gasteiger partial charge in [-0.05, 0) is 55.8 Å². The van der Waals surface area contributed by atoms with Crippen LogP contribution in [0.15, 0.2) is 48.9 Å². The van der Waals surface area contributed by atoms with Gasteiger partial charge in [-0.1, -0.05) is 12.1 Å². The molecule has 3 aromatic rings. The van der Waals surface area contributed by atoms with Crippen molar-refractivity contribution in [1.29, 1.82) is 0 Å². The molecule has 1 aliphatic carbocycles. The highest BCUT2D eigenvalue weighted by atomic mass is 32.2. The molecule has 1 amide bonds. The van der Waals surface area contributed by atoms with Gasteiger partial charge in [0.2, 0.25) is 5.95 Å². The number of carbonyl (C=O) groups excluding carboxylic acids is 1. The van der Waals surface area contributed by atoms with Crippen molar-refractivity contribution in [1.82, 2.24) is 24.8 Å². The molecule has 2 aliphatic rings. The SMILES string of the molecule is O=C(c1ccc(-c2cncc(C(F)(F)F)n2)cc1)N1CCCC1c1ccnc(NSC2CC2)n1. The molecule has 7 nitrogen and oxygen atoms in total. The van der Waals surface area contributed by atoms with Crippen molar-refractivity contribution < 1.29 is 18.0 Å². The van der Waals surface area contributed by atoms with Crippen molar-refractivity contribution in [2.75, 3.05) is 11.3 Å². The van der Waals surface area contributed by atoms with E-state index in [1.165, 1.54) is 19.0 Å². The minimum Gasteiger partial charge on any atom is -0.330 e. The fourth-order valence-electron chi connectivity index (χ4n) is 3.84. The van der Waals surface area contributed by atoms with Crippen molar-refractivity contribution in [3.8, 4) is 11.3 Å². The lowest BCUT2D eigenvalue weighted by Gasteiger charge is -2.24. The lowest BCUT2D eigenvalue weighted by molar-refractivity contribution is -0.141. The van der Waals surface area contributed by atoms with Gasteiger partial charge in [-0.3, -0.25) is 14.5 Å². The molecule has 3 heterocycles. The molecule has 5 rings (SSSR count). The highest BCUT2D eigenvalue weighted by Gasteiger charge is 2.34. The topological polar surface area (TPSA) is 83.9 Å². The van der Waals surface area contributed by atoms with Crippen LogP contribution < -0.4 is 4.72 Å². The van der Waals surface area contributed by atoms with Crippen LogP contribution in [0.2, 0.25) is 0 Å². The smallest absolute Gasteiger partial charge is 0.330 e. The summed E-state index contributed by atoms with van der Waals surface area (Å²) in [7, 11) is 0. The summed E-state index contributed by atoms with van der Waals surface area (Å²) in [6.07, 6.45) is 3.13. The fraction of sp³-hybridized carbons (Fsp3) is 0.348. The molecule has 1 unspecified atom stereocenters. The third-order valence-corrected chi connectivity index (χ3v) is 6.83. The Bertz CT molecular complexity index is 1190. The highest BCUT2D eigenvalue weighted by molar-refractivity contribution is 8.01. The lowest BCUT2D eigenvalue weighted by Crippen LogP contribution is -2.31. The summed E-state index contributed by atoms with van der Waals surface area (Å²) < 4.78 is 42.0. The maximum absolute atomic E-state index is 13.3. The number of amides is 1. The second-order valence-corrected chi connectivity index (χ2v) is 9.35. The Morgan fingerprint density at radius 1 is 1.06 bits per heavy atom. The maximum atomic E-state index is 13.3. The van der Waals surface area contributed by atoms with Crippen LogP contribution in [0.4, 0.5) is 19.1 Å². The average molecular weight is 487 g/mol. The number of benzene rings is 1. The quantitative estimate of drug-likeness (QED) is 0.482. The van der Waals surface area contributed by atoms with Gasteiger partial charge >= 0.3 is 6.18 Å². The number of rotatable bonds is 6. The zero-order valence-electron chi connectivity index (χ0n) is 18.0. The Morgan fingerprint density at radius 3 is 2.59 bits per heavy atom. The van der Waals surface area contributed by atoms with Crippen molar-refractivity contribution in [2.45, 2.75) is 43.2 Å². The van der Waals surface area contributed by atoms with Gasteiger partial charge in [0.1, 0.15) is 0 Å². The van der Waals surface area contributed by atoms with E-state index in [9.17, 15) is 18.0 Å². The number of hydrogen-bond acceptors (Lipinski definition) is 7. The van der Waals surface area contributed by atoms with Crippen molar-refractivity contribution in [3.63, 3.8) is 0 Å². The molecule has 1 N–H and O–H groups in total. The Balaban J connectivity index is 1.32. The van der Waals surface area contributed by atoms with Crippen LogP contribution in [0.1, 0.15) is 53.5 Å². The highest BCUT2D eigenvalue weighted by Crippen LogP contribution is 2.35. The third kappa shape index (κ3) is 4.98. The van der Waals surface area contributed by atoms with Gasteiger partial charge in [0, 0.05) is 29.1 Å². The molecular formula is C23H21F3N6OS. The third-order valence-electron chi connectivity index (χ3n) is 5.73. The van der Waals surface area contributed by atoms with Gasteiger partial charge in [0.05, 0.1) is 29.8 Å². The predicted octanol–water partition coefficient (Wildman–Crippen LogP) is 5.15. The van der Waals surface area contributed by atoms with E-state index in [0.717, 1.165) is 18.5 Å². The second-order valence-electron chi connectivity index (χ2n) is 8.25. The molecule has 0 bridgehead atoms. The molecule has 1 atom stereocenters. The molecule has 2 fully saturated rings. The van der Waals surface area contributed by atoms with Crippen LogP contribution in [0.25, 0.3) is 11.3 Å². The lowest BCUT2D eigenvalue weighted by atomic mass is 10.1. The van der Waals surface area contributed by atoms with Gasteiger partial charge in [-0.25, -0.2) is 15.0 Å². The first-order chi connectivity index (χ1) is 16.4. The number of aromatic nitrogens is 4. The number of carbonyl (C=O) groups is 1. The van der Waals surface area contributed by atoms with Crippen LogP contribution in [0.5, 0.6) is 0 Å². The molecule has 2 aromatic heterocycles. The van der Waals surface area contributed by atoms with E-state index < -0.39 is 11.9 Å². The molecule has 1 aromatic carbocycles. The molecule has 176 valence electrons. The molecule has 1 aliphatic heterocycles. The van der Waals surface area contributed by atoms with E-state index in [0.29, 0.717) is 35.1 Å². The van der Waals surface area contributed by atoms with Crippen LogP contribution in [-0.2, 0) is 6.18 Å². The zero-order chi connectivity index (χ0) is 23.7. The molecule has 1 saturated heterocycles. The number of anilines is 1. The summed E-state index contributed by atoms with van der Waals surface area (Å²) in [5, 5.41) is 0.613. The Morgan fingerprint density at radius 2 is 1.85 bits per heavy atom. The molecule has 1 saturated carbocycles. The van der Waals surface area contributed by atoms with Crippen molar-refractivity contribution in [2.24, 2.45) is 0 Å². The number of halogens is 3. The second kappa shape index (κ2) is 9.21. The number of alkyl halides is 3. The number of likely N-dealkylation sites (tertiary alicyclic amines) is 1. The van der Waals surface area contributed by atoms with Gasteiger partial charge in [0.15, 0.2) is 5.69 Å². The van der Waals surface area contributed by atoms with Gasteiger partial charge < -0.3 is 4.90 Å². The van der Waals surface area contributed by atoms with E-state index in [-0.39, 0.29) is 17.6 Å². The minimum atomic E-state index is -4.57. The van der Waals surface area contributed by atoms with Crippen LogP contribution in [0.3, 0.4) is 0 Å². The standard InChI is InChI=1S/C23H21F3N6OS/c24-23(25,26)20-13-27-12-18(29-20)14-3-5-15(6-4-14)21(33)32-11-1-2-19(32)17-9-10-28-22(30-17)31-34-16-7-8-16/h3-6,9-10,12-13,16,19H,1-2,7-8,11H2,(H,28,30,31). The fourth-order valence-corrected chi connectivity index (χ4v) is 4.58. The minimum absolute atomic E-state index is 0.0953. The predicted molar refractivity (Wildman–Crippen MR) is 122 cm³/mol. The number of hydrogen-bond donors (Lipinski definition) is 1. The normalized spacial score (nSPS) is 18.2. The van der Waals surface area contributed by atoms with Crippen molar-refractivity contribution >= 4 is 23.8 Å². The van der Waals surface area contributed by atoms with Crippen LogP contribution in [0, 0.1) is 0 Å². The van der Waals surface area contributed by atoms with Crippen molar-refractivity contribution in [3.05, 3.63) is 65.9 Å². The van der Waals surface area contributed by atoms with Gasteiger partial charge in [-0.15, -0.1) is 0 Å². The Kier molecular flexibility index (Phi) is 6.11. The molecule has 11 heteroatoms. The maximum Gasteiger partial charge on any atom is 0.434 e. The summed E-state index contributed by atoms with van der Waals surface area (Å²) in [5.41, 5.74) is 0.730. The van der Waals surface area contributed by atoms with Gasteiger partial charge in [-0.2, -0.15) is 13.2 Å². The summed E-state index contributed by atoms with van der Waals surface area (Å²) in [5.74, 6) is 0.393. The number of nitrogens with one attached hydrogen (secondary N) is 1. The van der Waals surface area contributed by atoms with E-state index >= 15 is 0 Å². The van der Waals surface area contributed by atoms with E-state index in [1.54, 1.807) is 47.3 Å². The first kappa shape index (κ1) is 22.6. The molecule has 34 heavy (non-hydrogen) atoms. The number of nitrogens with zero attached hydrogens (tertiary/aromatic N) is 5. The molecular weight excluding hydrogens is 465 g/mol. The summed E-state index contributed by atoms with van der Waals surface area (Å²) in [4.78, 5) is 31.2. The van der Waals surface area contributed by atoms with E-state index in [4.69, 9.17) is 0 Å². The largest absolute Gasteiger partial charge is 0.434 e. The van der Waals surface area contributed by atoms with E-state index in [1.807, 2.05) is 6.07 Å². The van der Waals surface area contributed by atoms with Gasteiger partial charge in [0.25, 0.3) is 5.91 Å². The average Bonchev–Trinajstić information content (AvgIpc) is 3.55. The van der Waals surface area contributed by atoms with Crippen LogP contribution >= 0.6 is 11.9 Å². The summed E-state index contributed by atoms with van der Waals surface area (Å²) in [6.45, 7) is 0.605. The van der Waals surface area contributed by atoms with E-state index in [2.05, 4.69) is 24.7 Å². The Hall–Kier alpha value is -3.21. The molecule has 0 radical (unpaired) electrons. The summed E-state index contributed by atoms with van der Waals surface area (Å²) >= 11 is 1.62. The Labute approximate surface area is 198 Å². The molecule has 0 spiro atoms. The first-order valence-corrected chi connectivity index (χ1v) is 11.8.